The fourth-order valence-electron chi connectivity index (χ4n) is 4.21. The summed E-state index contributed by atoms with van der Waals surface area (Å²) in [6, 6.07) is 33.9. The largest absolute Gasteiger partial charge is 1.00 e. The first-order valence-electron chi connectivity index (χ1n) is 13.0. The van der Waals surface area contributed by atoms with Gasteiger partial charge in [-0.15, -0.1) is 0 Å². The van der Waals surface area contributed by atoms with Crippen LogP contribution in [0.15, 0.2) is 121 Å². The first-order chi connectivity index (χ1) is 19.1. The number of nitrogens with one attached hydrogen (secondary N) is 2. The van der Waals surface area contributed by atoms with Gasteiger partial charge < -0.3 is 39.3 Å². The minimum Gasteiger partial charge on any atom is -1.00 e. The first-order valence-corrected chi connectivity index (χ1v) is 13.0. The van der Waals surface area contributed by atoms with E-state index in [4.69, 9.17) is 4.74 Å². The van der Waals surface area contributed by atoms with Crippen molar-refractivity contribution in [2.24, 2.45) is 7.05 Å². The van der Waals surface area contributed by atoms with Gasteiger partial charge in [0.2, 0.25) is 11.6 Å². The highest BCUT2D eigenvalue weighted by Crippen LogP contribution is 2.09. The van der Waals surface area contributed by atoms with Gasteiger partial charge in [0.25, 0.3) is 0 Å². The molecule has 2 atom stereocenters. The molecule has 0 aliphatic carbocycles. The summed E-state index contributed by atoms with van der Waals surface area (Å²) in [5.41, 5.74) is 3.92. The van der Waals surface area contributed by atoms with Crippen LogP contribution in [-0.4, -0.2) is 24.1 Å². The second-order valence-electron chi connectivity index (χ2n) is 9.35. The molecule has 0 aliphatic rings. The van der Waals surface area contributed by atoms with E-state index in [1.807, 2.05) is 139 Å². The summed E-state index contributed by atoms with van der Waals surface area (Å²) < 4.78 is 7.43. The maximum atomic E-state index is 13.6. The number of amides is 2. The normalized spacial score (nSPS) is 12.1. The van der Waals surface area contributed by atoms with E-state index >= 15 is 0 Å². The second kappa shape index (κ2) is 16.2. The summed E-state index contributed by atoms with van der Waals surface area (Å²) in [5, 5.41) is 5.94. The van der Waals surface area contributed by atoms with Crippen LogP contribution >= 0.6 is 0 Å². The van der Waals surface area contributed by atoms with Crippen LogP contribution in [0.3, 0.4) is 0 Å². The molecule has 2 unspecified atom stereocenters. The zero-order chi connectivity index (χ0) is 27.3. The zero-order valence-electron chi connectivity index (χ0n) is 22.5. The van der Waals surface area contributed by atoms with Gasteiger partial charge in [0, 0.05) is 24.6 Å². The molecule has 4 rings (SSSR count). The molecule has 0 saturated heterocycles. The van der Waals surface area contributed by atoms with Crippen molar-refractivity contribution in [3.05, 3.63) is 144 Å². The van der Waals surface area contributed by atoms with Crippen LogP contribution in [0.4, 0.5) is 4.79 Å². The molecule has 0 bridgehead atoms. The number of halogens is 1. The Hall–Kier alpha value is -3.98. The number of rotatable bonds is 11. The topological polar surface area (TPSA) is 71.3 Å². The van der Waals surface area contributed by atoms with Gasteiger partial charge >= 0.3 is 6.09 Å². The molecule has 7 heteroatoms. The summed E-state index contributed by atoms with van der Waals surface area (Å²) in [5.74, 6) is -0.279. The van der Waals surface area contributed by atoms with E-state index < -0.39 is 12.1 Å². The number of hydrogen-bond donors (Lipinski definition) is 2. The van der Waals surface area contributed by atoms with E-state index in [-0.39, 0.29) is 42.5 Å². The van der Waals surface area contributed by atoms with E-state index in [9.17, 15) is 9.59 Å². The van der Waals surface area contributed by atoms with Crippen molar-refractivity contribution >= 4 is 18.1 Å². The lowest BCUT2D eigenvalue weighted by Gasteiger charge is -2.22. The second-order valence-corrected chi connectivity index (χ2v) is 9.35. The Labute approximate surface area is 253 Å². The van der Waals surface area contributed by atoms with Gasteiger partial charge in [0.1, 0.15) is 19.7 Å². The maximum Gasteiger partial charge on any atom is 0.408 e. The third kappa shape index (κ3) is 9.96. The Morgan fingerprint density at radius 1 is 0.750 bits per heavy atom. The van der Waals surface area contributed by atoms with E-state index in [1.54, 1.807) is 0 Å². The van der Waals surface area contributed by atoms with Gasteiger partial charge in [-0.1, -0.05) is 97.1 Å². The number of aryl methyl sites for hydroxylation is 1. The molecule has 2 N–H and O–H groups in total. The Balaban J connectivity index is 0.00000441. The summed E-state index contributed by atoms with van der Waals surface area (Å²) >= 11 is 0. The molecule has 0 aliphatic heterocycles. The lowest BCUT2D eigenvalue weighted by molar-refractivity contribution is -0.673. The number of aromatic nitrogens is 1. The van der Waals surface area contributed by atoms with Gasteiger partial charge in [-0.05, 0) is 29.2 Å². The SMILES string of the molecule is C[n+]1ccccc1/C=C/C(Cc1ccccc1)NC(=O)C(Cc1ccccc1)NC(=O)OCc1ccccc1.[I-]. The van der Waals surface area contributed by atoms with Gasteiger partial charge in [-0.3, -0.25) is 4.79 Å². The highest BCUT2D eigenvalue weighted by Gasteiger charge is 2.24. The molecule has 0 radical (unpaired) electrons. The number of nitrogens with zero attached hydrogens (tertiary/aromatic N) is 1. The summed E-state index contributed by atoms with van der Waals surface area (Å²) in [4.78, 5) is 26.3. The minimum atomic E-state index is -0.810. The molecular formula is C33H34IN3O3. The van der Waals surface area contributed by atoms with Crippen LogP contribution in [0.2, 0.25) is 0 Å². The van der Waals surface area contributed by atoms with Crippen molar-refractivity contribution in [2.75, 3.05) is 0 Å². The molecule has 0 fully saturated rings. The molecule has 4 aromatic rings. The standard InChI is InChI=1S/C33H33N3O3.HI/c1-36-22-12-11-19-30(36)21-20-29(23-26-13-5-2-6-14-26)34-32(37)31(24-27-15-7-3-8-16-27)35-33(38)39-25-28-17-9-4-10-18-28;/h2-22,29,31H,23-25H2,1H3,(H-,34,35,37,38);1H/b21-20+;. The third-order valence-electron chi connectivity index (χ3n) is 6.32. The lowest BCUT2D eigenvalue weighted by Crippen LogP contribution is -3.00. The predicted molar refractivity (Wildman–Crippen MR) is 152 cm³/mol. The molecular weight excluding hydrogens is 613 g/mol. The van der Waals surface area contributed by atoms with Crippen LogP contribution in [0, 0.1) is 0 Å². The van der Waals surface area contributed by atoms with Crippen molar-refractivity contribution < 1.29 is 42.9 Å². The van der Waals surface area contributed by atoms with E-state index in [0.29, 0.717) is 12.8 Å². The van der Waals surface area contributed by atoms with Crippen LogP contribution in [0.25, 0.3) is 6.08 Å². The number of benzene rings is 3. The number of carbonyl (C=O) groups is 2. The van der Waals surface area contributed by atoms with Gasteiger partial charge in [-0.2, -0.15) is 0 Å². The summed E-state index contributed by atoms with van der Waals surface area (Å²) in [7, 11) is 1.98. The lowest BCUT2D eigenvalue weighted by atomic mass is 10.0. The van der Waals surface area contributed by atoms with Crippen molar-refractivity contribution in [1.82, 2.24) is 10.6 Å². The molecule has 206 valence electrons. The molecule has 1 heterocycles. The van der Waals surface area contributed by atoms with Crippen LogP contribution in [0.1, 0.15) is 22.4 Å². The fraction of sp³-hybridized carbons (Fsp3) is 0.182. The molecule has 2 amide bonds. The predicted octanol–water partition coefficient (Wildman–Crippen LogP) is 1.79. The molecule has 40 heavy (non-hydrogen) atoms. The summed E-state index contributed by atoms with van der Waals surface area (Å²) in [6.45, 7) is 0.125. The average Bonchev–Trinajstić information content (AvgIpc) is 2.97. The number of alkyl carbamates (subject to hydrolysis) is 1. The van der Waals surface area contributed by atoms with E-state index in [2.05, 4.69) is 10.6 Å². The Morgan fingerprint density at radius 2 is 1.30 bits per heavy atom. The van der Waals surface area contributed by atoms with Crippen molar-refractivity contribution in [3.63, 3.8) is 0 Å². The van der Waals surface area contributed by atoms with E-state index in [0.717, 1.165) is 22.4 Å². The van der Waals surface area contributed by atoms with Crippen LogP contribution in [0.5, 0.6) is 0 Å². The van der Waals surface area contributed by atoms with Crippen LogP contribution < -0.4 is 39.2 Å². The quantitative estimate of drug-likeness (QED) is 0.193. The Bertz CT molecular complexity index is 1370. The number of pyridine rings is 1. The molecule has 0 saturated carbocycles. The van der Waals surface area contributed by atoms with Crippen molar-refractivity contribution in [2.45, 2.75) is 31.5 Å². The minimum absolute atomic E-state index is 0. The fourth-order valence-corrected chi connectivity index (χ4v) is 4.21. The molecule has 3 aromatic carbocycles. The third-order valence-corrected chi connectivity index (χ3v) is 6.32. The number of hydrogen-bond acceptors (Lipinski definition) is 3. The molecule has 0 spiro atoms. The van der Waals surface area contributed by atoms with Crippen molar-refractivity contribution in [1.29, 1.82) is 0 Å². The van der Waals surface area contributed by atoms with Crippen LogP contribution in [-0.2, 0) is 36.0 Å². The van der Waals surface area contributed by atoms with Gasteiger partial charge in [0.05, 0.1) is 6.04 Å². The Kier molecular flexibility index (Phi) is 12.4. The molecule has 1 aromatic heterocycles. The number of carbonyl (C=O) groups excluding carboxylic acids is 2. The summed E-state index contributed by atoms with van der Waals surface area (Å²) in [6.07, 6.45) is 6.28. The zero-order valence-corrected chi connectivity index (χ0v) is 24.6. The van der Waals surface area contributed by atoms with Crippen molar-refractivity contribution in [3.8, 4) is 0 Å². The number of ether oxygens (including phenoxy) is 1. The molecule has 6 nitrogen and oxygen atoms in total. The Morgan fingerprint density at radius 3 is 1.90 bits per heavy atom. The smallest absolute Gasteiger partial charge is 0.408 e. The van der Waals surface area contributed by atoms with Gasteiger partial charge in [-0.25, -0.2) is 9.36 Å². The van der Waals surface area contributed by atoms with Gasteiger partial charge in [0.15, 0.2) is 6.20 Å². The van der Waals surface area contributed by atoms with E-state index in [1.165, 1.54) is 0 Å². The monoisotopic (exact) mass is 647 g/mol. The highest BCUT2D eigenvalue weighted by atomic mass is 127. The first kappa shape index (κ1) is 30.6. The maximum absolute atomic E-state index is 13.6. The average molecular weight is 648 g/mol. The highest BCUT2D eigenvalue weighted by molar-refractivity contribution is 5.86.